The zero-order valence-corrected chi connectivity index (χ0v) is 16.7. The summed E-state index contributed by atoms with van der Waals surface area (Å²) in [5.74, 6) is -0.788. The summed E-state index contributed by atoms with van der Waals surface area (Å²) in [6.45, 7) is 6.17. The highest BCUT2D eigenvalue weighted by molar-refractivity contribution is 6.07. The molecule has 3 N–H and O–H groups in total. The lowest BCUT2D eigenvalue weighted by atomic mass is 10.0. The van der Waals surface area contributed by atoms with Crippen LogP contribution in [0.25, 0.3) is 11.1 Å². The van der Waals surface area contributed by atoms with E-state index in [-0.39, 0.29) is 16.0 Å². The quantitative estimate of drug-likeness (QED) is 0.278. The van der Waals surface area contributed by atoms with Crippen molar-refractivity contribution >= 4 is 5.78 Å². The van der Waals surface area contributed by atoms with Crippen molar-refractivity contribution in [2.75, 3.05) is 0 Å². The highest BCUT2D eigenvalue weighted by Crippen LogP contribution is 2.31. The average molecular weight is 395 g/mol. The van der Waals surface area contributed by atoms with Gasteiger partial charge in [-0.25, -0.2) is 0 Å². The van der Waals surface area contributed by atoms with Crippen LogP contribution in [0.4, 0.5) is 0 Å². The molecule has 0 saturated carbocycles. The first-order chi connectivity index (χ1) is 13.7. The smallest absolute Gasteiger partial charge is 0.297 e. The molecule has 0 aliphatic heterocycles. The molecule has 0 amide bonds. The number of pyridine rings is 1. The highest BCUT2D eigenvalue weighted by atomic mass is 16.5. The number of allylic oxidation sites excluding steroid dienone is 6. The van der Waals surface area contributed by atoms with E-state index >= 15 is 0 Å². The van der Waals surface area contributed by atoms with Crippen LogP contribution in [0.3, 0.4) is 0 Å². The van der Waals surface area contributed by atoms with Gasteiger partial charge in [0, 0.05) is 5.56 Å². The lowest BCUT2D eigenvalue weighted by Crippen LogP contribution is -2.24. The first-order valence-corrected chi connectivity index (χ1v) is 9.29. The van der Waals surface area contributed by atoms with Gasteiger partial charge in [-0.1, -0.05) is 62.3 Å². The second-order valence-electron chi connectivity index (χ2n) is 6.84. The molecule has 0 saturated heterocycles. The zero-order valence-electron chi connectivity index (χ0n) is 16.7. The number of phenols is 1. The summed E-state index contributed by atoms with van der Waals surface area (Å²) in [5, 5.41) is 29.8. The topological polar surface area (TPSA) is 99.8 Å². The van der Waals surface area contributed by atoms with E-state index in [1.54, 1.807) is 6.08 Å². The maximum atomic E-state index is 12.5. The molecule has 1 heterocycles. The SMILES string of the molecule is CCC(C)C=C(C)C=CC=CC(=O)c1c(O)c(-c2ccc(O)cc2)cn(O)c1=O. The maximum absolute atomic E-state index is 12.5. The van der Waals surface area contributed by atoms with Crippen molar-refractivity contribution in [2.24, 2.45) is 5.92 Å². The Balaban J connectivity index is 2.34. The molecule has 1 aromatic carbocycles. The summed E-state index contributed by atoms with van der Waals surface area (Å²) >= 11 is 0. The van der Waals surface area contributed by atoms with E-state index < -0.39 is 22.7 Å². The highest BCUT2D eigenvalue weighted by Gasteiger charge is 2.20. The second kappa shape index (κ2) is 9.59. The van der Waals surface area contributed by atoms with Gasteiger partial charge in [-0.2, -0.15) is 4.73 Å². The van der Waals surface area contributed by atoms with Crippen LogP contribution in [-0.4, -0.2) is 25.9 Å². The maximum Gasteiger partial charge on any atom is 0.297 e. The molecular formula is C23H25NO5. The van der Waals surface area contributed by atoms with E-state index in [1.807, 2.05) is 13.0 Å². The number of hydrogen-bond acceptors (Lipinski definition) is 5. The molecule has 2 aromatic rings. The number of ketones is 1. The summed E-state index contributed by atoms with van der Waals surface area (Å²) in [5.41, 5.74) is 0.0102. The van der Waals surface area contributed by atoms with Gasteiger partial charge in [0.25, 0.3) is 5.56 Å². The Morgan fingerprint density at radius 2 is 1.76 bits per heavy atom. The van der Waals surface area contributed by atoms with Gasteiger partial charge in [0.15, 0.2) is 5.78 Å². The summed E-state index contributed by atoms with van der Waals surface area (Å²) in [4.78, 5) is 24.7. The fraction of sp³-hybridized carbons (Fsp3) is 0.217. The van der Waals surface area contributed by atoms with Gasteiger partial charge >= 0.3 is 0 Å². The minimum Gasteiger partial charge on any atom is -0.508 e. The molecule has 0 bridgehead atoms. The van der Waals surface area contributed by atoms with Crippen molar-refractivity contribution in [1.29, 1.82) is 0 Å². The van der Waals surface area contributed by atoms with Gasteiger partial charge in [0.2, 0.25) is 0 Å². The van der Waals surface area contributed by atoms with E-state index in [4.69, 9.17) is 0 Å². The summed E-state index contributed by atoms with van der Waals surface area (Å²) in [7, 11) is 0. The molecule has 0 aliphatic carbocycles. The fourth-order valence-electron chi connectivity index (χ4n) is 2.72. The Labute approximate surface area is 169 Å². The predicted octanol–water partition coefficient (Wildman–Crippen LogP) is 4.45. The van der Waals surface area contributed by atoms with Crippen molar-refractivity contribution in [3.63, 3.8) is 0 Å². The fourth-order valence-corrected chi connectivity index (χ4v) is 2.72. The Hall–Kier alpha value is -3.54. The zero-order chi connectivity index (χ0) is 21.6. The molecule has 1 atom stereocenters. The van der Waals surface area contributed by atoms with Gasteiger partial charge < -0.3 is 15.4 Å². The minimum absolute atomic E-state index is 0.0225. The molecule has 0 aliphatic rings. The van der Waals surface area contributed by atoms with Crippen molar-refractivity contribution in [1.82, 2.24) is 4.73 Å². The Kier molecular flexibility index (Phi) is 7.20. The van der Waals surface area contributed by atoms with Gasteiger partial charge in [-0.3, -0.25) is 9.59 Å². The molecule has 2 rings (SSSR count). The second-order valence-corrected chi connectivity index (χ2v) is 6.84. The van der Waals surface area contributed by atoms with Crippen LogP contribution in [0.5, 0.6) is 11.5 Å². The molecule has 1 unspecified atom stereocenters. The third-order valence-corrected chi connectivity index (χ3v) is 4.50. The lowest BCUT2D eigenvalue weighted by molar-refractivity contribution is 0.103. The van der Waals surface area contributed by atoms with E-state index in [9.17, 15) is 25.0 Å². The molecule has 29 heavy (non-hydrogen) atoms. The number of carbonyl (C=O) groups excluding carboxylic acids is 1. The third kappa shape index (κ3) is 5.48. The molecule has 6 nitrogen and oxygen atoms in total. The van der Waals surface area contributed by atoms with Crippen LogP contribution in [-0.2, 0) is 0 Å². The van der Waals surface area contributed by atoms with Crippen molar-refractivity contribution < 1.29 is 20.2 Å². The van der Waals surface area contributed by atoms with E-state index in [1.165, 1.54) is 30.3 Å². The molecule has 152 valence electrons. The predicted molar refractivity (Wildman–Crippen MR) is 112 cm³/mol. The number of nitrogens with zero attached hydrogens (tertiary/aromatic N) is 1. The van der Waals surface area contributed by atoms with Gasteiger partial charge in [0.05, 0.1) is 6.20 Å². The first kappa shape index (κ1) is 21.8. The molecule has 0 fully saturated rings. The summed E-state index contributed by atoms with van der Waals surface area (Å²) < 4.78 is 0.262. The Morgan fingerprint density at radius 3 is 2.38 bits per heavy atom. The van der Waals surface area contributed by atoms with Crippen LogP contribution in [0.15, 0.2) is 71.2 Å². The van der Waals surface area contributed by atoms with Crippen LogP contribution < -0.4 is 5.56 Å². The van der Waals surface area contributed by atoms with Crippen molar-refractivity contribution in [3.8, 4) is 22.6 Å². The molecule has 0 spiro atoms. The van der Waals surface area contributed by atoms with Gasteiger partial charge in [-0.15, -0.1) is 0 Å². The number of aromatic hydroxyl groups is 2. The molecule has 1 aromatic heterocycles. The molecule has 0 radical (unpaired) electrons. The number of rotatable bonds is 7. The first-order valence-electron chi connectivity index (χ1n) is 9.29. The van der Waals surface area contributed by atoms with E-state index in [2.05, 4.69) is 19.9 Å². The van der Waals surface area contributed by atoms with Crippen molar-refractivity contribution in [3.05, 3.63) is 82.3 Å². The van der Waals surface area contributed by atoms with Crippen LogP contribution in [0, 0.1) is 5.92 Å². The van der Waals surface area contributed by atoms with Gasteiger partial charge in [-0.05, 0) is 36.6 Å². The monoisotopic (exact) mass is 395 g/mol. The minimum atomic E-state index is -1.02. The summed E-state index contributed by atoms with van der Waals surface area (Å²) in [6, 6.07) is 5.77. The van der Waals surface area contributed by atoms with Crippen LogP contribution >= 0.6 is 0 Å². The van der Waals surface area contributed by atoms with Gasteiger partial charge in [0.1, 0.15) is 17.1 Å². The number of hydrogen-bond donors (Lipinski definition) is 3. The standard InChI is InChI=1S/C23H25NO5/c1-4-15(2)13-16(3)7-5-6-8-20(26)21-22(27)19(14-24(29)23(21)28)17-9-11-18(25)12-10-17/h5-15,25,27,29H,4H2,1-3H3. The lowest BCUT2D eigenvalue weighted by Gasteiger charge is -2.10. The average Bonchev–Trinajstić information content (AvgIpc) is 2.69. The Morgan fingerprint density at radius 1 is 1.14 bits per heavy atom. The number of aromatic nitrogens is 1. The van der Waals surface area contributed by atoms with Crippen molar-refractivity contribution in [2.45, 2.75) is 27.2 Å². The number of carbonyl (C=O) groups is 1. The summed E-state index contributed by atoms with van der Waals surface area (Å²) in [6.07, 6.45) is 10.3. The number of phenolic OH excluding ortho intramolecular Hbond substituents is 1. The Bertz CT molecular complexity index is 1030. The van der Waals surface area contributed by atoms with E-state index in [0.29, 0.717) is 11.5 Å². The third-order valence-electron chi connectivity index (χ3n) is 4.50. The normalized spacial score (nSPS) is 13.3. The van der Waals surface area contributed by atoms with Crippen LogP contribution in [0.1, 0.15) is 37.6 Å². The molecule has 6 heteroatoms. The van der Waals surface area contributed by atoms with E-state index in [0.717, 1.165) is 24.3 Å². The number of benzene rings is 1. The van der Waals surface area contributed by atoms with Crippen LogP contribution in [0.2, 0.25) is 0 Å². The molecular weight excluding hydrogens is 370 g/mol. The largest absolute Gasteiger partial charge is 0.508 e.